The molecule has 0 unspecified atom stereocenters. The first-order valence-corrected chi connectivity index (χ1v) is 10.4. The molecule has 142 valence electrons. The van der Waals surface area contributed by atoms with Crippen LogP contribution in [0, 0.1) is 6.92 Å². The lowest BCUT2D eigenvalue weighted by Gasteiger charge is -2.30. The van der Waals surface area contributed by atoms with Gasteiger partial charge >= 0.3 is 0 Å². The topological polar surface area (TPSA) is 67.9 Å². The largest absolute Gasteiger partial charge is 0.419 e. The maximum absolute atomic E-state index is 6.01. The zero-order valence-corrected chi connectivity index (χ0v) is 16.5. The third-order valence-corrected chi connectivity index (χ3v) is 6.19. The van der Waals surface area contributed by atoms with E-state index in [9.17, 15) is 0 Å². The zero-order chi connectivity index (χ0) is 18.9. The molecular formula is C21H21N5OS. The highest BCUT2D eigenvalue weighted by Crippen LogP contribution is 2.31. The summed E-state index contributed by atoms with van der Waals surface area (Å²) in [6, 6.07) is 12.5. The Morgan fingerprint density at radius 2 is 2.11 bits per heavy atom. The molecule has 4 aromatic rings. The SMILES string of the molecule is Cc1ncsc1-c1nnc([C@@H]2CCCN(Cc3ccc4ccccc4n3)C2)o1. The summed E-state index contributed by atoms with van der Waals surface area (Å²) in [5, 5.41) is 9.78. The number of nitrogens with zero attached hydrogens (tertiary/aromatic N) is 5. The molecule has 1 aliphatic rings. The fourth-order valence-electron chi connectivity index (χ4n) is 3.82. The molecule has 3 aromatic heterocycles. The smallest absolute Gasteiger partial charge is 0.259 e. The summed E-state index contributed by atoms with van der Waals surface area (Å²) in [5.41, 5.74) is 4.90. The highest BCUT2D eigenvalue weighted by molar-refractivity contribution is 7.13. The second-order valence-corrected chi connectivity index (χ2v) is 8.14. The molecule has 1 aromatic carbocycles. The molecule has 5 rings (SSSR count). The average molecular weight is 392 g/mol. The number of piperidine rings is 1. The Bertz CT molecular complexity index is 1100. The summed E-state index contributed by atoms with van der Waals surface area (Å²) in [4.78, 5) is 12.5. The van der Waals surface area contributed by atoms with Gasteiger partial charge < -0.3 is 4.42 Å². The van der Waals surface area contributed by atoms with E-state index in [1.165, 1.54) is 16.7 Å². The second kappa shape index (κ2) is 7.41. The van der Waals surface area contributed by atoms with Crippen molar-refractivity contribution in [3.8, 4) is 10.8 Å². The number of hydrogen-bond donors (Lipinski definition) is 0. The molecule has 1 saturated heterocycles. The fourth-order valence-corrected chi connectivity index (χ4v) is 4.55. The molecular weight excluding hydrogens is 370 g/mol. The summed E-state index contributed by atoms with van der Waals surface area (Å²) >= 11 is 1.54. The monoisotopic (exact) mass is 391 g/mol. The molecule has 1 aliphatic heterocycles. The lowest BCUT2D eigenvalue weighted by Crippen LogP contribution is -2.34. The molecule has 0 spiro atoms. The highest BCUT2D eigenvalue weighted by atomic mass is 32.1. The minimum absolute atomic E-state index is 0.267. The second-order valence-electron chi connectivity index (χ2n) is 7.28. The lowest BCUT2D eigenvalue weighted by atomic mass is 9.98. The van der Waals surface area contributed by atoms with Crippen LogP contribution in [0.4, 0.5) is 0 Å². The number of fused-ring (bicyclic) bond motifs is 1. The summed E-state index contributed by atoms with van der Waals surface area (Å²) in [7, 11) is 0. The van der Waals surface area contributed by atoms with Crippen LogP contribution in [0.25, 0.3) is 21.7 Å². The Morgan fingerprint density at radius 1 is 1.18 bits per heavy atom. The molecule has 7 heteroatoms. The first-order valence-electron chi connectivity index (χ1n) is 9.57. The van der Waals surface area contributed by atoms with Gasteiger partial charge in [-0.15, -0.1) is 21.5 Å². The number of pyridine rings is 1. The van der Waals surface area contributed by atoms with Gasteiger partial charge in [-0.2, -0.15) is 0 Å². The molecule has 0 aliphatic carbocycles. The van der Waals surface area contributed by atoms with E-state index in [1.54, 1.807) is 0 Å². The van der Waals surface area contributed by atoms with Gasteiger partial charge in [0.25, 0.3) is 5.89 Å². The van der Waals surface area contributed by atoms with E-state index in [1.807, 2.05) is 24.6 Å². The third-order valence-electron chi connectivity index (χ3n) is 5.28. The number of rotatable bonds is 4. The lowest BCUT2D eigenvalue weighted by molar-refractivity contribution is 0.185. The third kappa shape index (κ3) is 3.43. The van der Waals surface area contributed by atoms with Crippen molar-refractivity contribution in [2.24, 2.45) is 0 Å². The number of aryl methyl sites for hydroxylation is 1. The van der Waals surface area contributed by atoms with Crippen LogP contribution in [-0.2, 0) is 6.54 Å². The van der Waals surface area contributed by atoms with Crippen molar-refractivity contribution >= 4 is 22.2 Å². The van der Waals surface area contributed by atoms with E-state index in [4.69, 9.17) is 9.40 Å². The van der Waals surface area contributed by atoms with E-state index < -0.39 is 0 Å². The maximum Gasteiger partial charge on any atom is 0.259 e. The van der Waals surface area contributed by atoms with Gasteiger partial charge in [-0.05, 0) is 38.4 Å². The molecule has 0 saturated carbocycles. The minimum atomic E-state index is 0.267. The van der Waals surface area contributed by atoms with Crippen molar-refractivity contribution < 1.29 is 4.42 Å². The van der Waals surface area contributed by atoms with Crippen LogP contribution in [-0.4, -0.2) is 38.2 Å². The predicted octanol–water partition coefficient (Wildman–Crippen LogP) is 4.43. The van der Waals surface area contributed by atoms with Crippen LogP contribution in [0.2, 0.25) is 0 Å². The van der Waals surface area contributed by atoms with Crippen LogP contribution < -0.4 is 0 Å². The van der Waals surface area contributed by atoms with E-state index in [-0.39, 0.29) is 5.92 Å². The summed E-state index contributed by atoms with van der Waals surface area (Å²) < 4.78 is 6.01. The molecule has 28 heavy (non-hydrogen) atoms. The van der Waals surface area contributed by atoms with Gasteiger partial charge in [-0.25, -0.2) is 4.98 Å². The van der Waals surface area contributed by atoms with Crippen molar-refractivity contribution in [3.05, 3.63) is 59.2 Å². The van der Waals surface area contributed by atoms with Crippen LogP contribution in [0.1, 0.15) is 36.0 Å². The Balaban J connectivity index is 1.31. The molecule has 1 atom stereocenters. The van der Waals surface area contributed by atoms with E-state index in [2.05, 4.69) is 44.3 Å². The average Bonchev–Trinajstić information content (AvgIpc) is 3.37. The maximum atomic E-state index is 6.01. The van der Waals surface area contributed by atoms with Crippen molar-refractivity contribution in [1.29, 1.82) is 0 Å². The quantitative estimate of drug-likeness (QED) is 0.513. The van der Waals surface area contributed by atoms with Crippen molar-refractivity contribution in [1.82, 2.24) is 25.1 Å². The summed E-state index contributed by atoms with van der Waals surface area (Å²) in [6.07, 6.45) is 2.19. The molecule has 4 heterocycles. The number of thiazole rings is 1. The van der Waals surface area contributed by atoms with Gasteiger partial charge in [0.2, 0.25) is 5.89 Å². The number of likely N-dealkylation sites (tertiary alicyclic amines) is 1. The van der Waals surface area contributed by atoms with Crippen molar-refractivity contribution in [3.63, 3.8) is 0 Å². The molecule has 1 fully saturated rings. The highest BCUT2D eigenvalue weighted by Gasteiger charge is 2.27. The number of hydrogen-bond acceptors (Lipinski definition) is 7. The van der Waals surface area contributed by atoms with Gasteiger partial charge in [0, 0.05) is 18.5 Å². The van der Waals surface area contributed by atoms with Crippen LogP contribution in [0.15, 0.2) is 46.3 Å². The van der Waals surface area contributed by atoms with Crippen molar-refractivity contribution in [2.45, 2.75) is 32.2 Å². The molecule has 0 bridgehead atoms. The van der Waals surface area contributed by atoms with Crippen LogP contribution >= 0.6 is 11.3 Å². The number of aromatic nitrogens is 4. The molecule has 6 nitrogen and oxygen atoms in total. The molecule has 0 amide bonds. The molecule has 0 N–H and O–H groups in total. The Kier molecular flexibility index (Phi) is 4.62. The standard InChI is InChI=1S/C21H21N5OS/c1-14-19(28-13-22-14)21-25-24-20(27-21)16-6-4-10-26(11-16)12-17-9-8-15-5-2-3-7-18(15)23-17/h2-3,5,7-9,13,16H,4,6,10-12H2,1H3/t16-/m1/s1. The van der Waals surface area contributed by atoms with Gasteiger partial charge in [0.1, 0.15) is 4.88 Å². The van der Waals surface area contributed by atoms with Gasteiger partial charge in [-0.3, -0.25) is 9.88 Å². The predicted molar refractivity (Wildman–Crippen MR) is 109 cm³/mol. The van der Waals surface area contributed by atoms with Gasteiger partial charge in [-0.1, -0.05) is 24.3 Å². The normalized spacial score (nSPS) is 18.0. The fraction of sp³-hybridized carbons (Fsp3) is 0.333. The number of benzene rings is 1. The first-order chi connectivity index (χ1) is 13.8. The Labute approximate surface area is 167 Å². The zero-order valence-electron chi connectivity index (χ0n) is 15.7. The van der Waals surface area contributed by atoms with E-state index >= 15 is 0 Å². The van der Waals surface area contributed by atoms with Crippen LogP contribution in [0.3, 0.4) is 0 Å². The van der Waals surface area contributed by atoms with E-state index in [0.717, 1.165) is 60.1 Å². The minimum Gasteiger partial charge on any atom is -0.419 e. The Hall–Kier alpha value is -2.64. The van der Waals surface area contributed by atoms with Crippen molar-refractivity contribution in [2.75, 3.05) is 13.1 Å². The Morgan fingerprint density at radius 3 is 3.00 bits per heavy atom. The summed E-state index contributed by atoms with van der Waals surface area (Å²) in [6.45, 7) is 4.79. The molecule has 0 radical (unpaired) electrons. The van der Waals surface area contributed by atoms with Crippen LogP contribution in [0.5, 0.6) is 0 Å². The summed E-state index contributed by atoms with van der Waals surface area (Å²) in [5.74, 6) is 1.59. The van der Waals surface area contributed by atoms with Gasteiger partial charge in [0.15, 0.2) is 0 Å². The first kappa shape index (κ1) is 17.5. The number of para-hydroxylation sites is 1. The van der Waals surface area contributed by atoms with E-state index in [0.29, 0.717) is 5.89 Å². The van der Waals surface area contributed by atoms with Gasteiger partial charge in [0.05, 0.1) is 28.3 Å².